The monoisotopic (exact) mass is 202 g/mol. The number of nitroso groups, excluding NO2 is 1. The summed E-state index contributed by atoms with van der Waals surface area (Å²) < 4.78 is 0. The fraction of sp³-hybridized carbons (Fsp3) is 0.500. The Morgan fingerprint density at radius 3 is 3.13 bits per heavy atom. The van der Waals surface area contributed by atoms with Gasteiger partial charge in [0.1, 0.15) is 5.54 Å². The van der Waals surface area contributed by atoms with Gasteiger partial charge in [-0.3, -0.25) is 0 Å². The van der Waals surface area contributed by atoms with E-state index in [1.54, 1.807) is 0 Å². The number of hydrogen-bond donors (Lipinski definition) is 1. The van der Waals surface area contributed by atoms with Crippen LogP contribution in [0.1, 0.15) is 17.5 Å². The highest BCUT2D eigenvalue weighted by atomic mass is 16.3. The van der Waals surface area contributed by atoms with Crippen molar-refractivity contribution in [3.8, 4) is 0 Å². The maximum absolute atomic E-state index is 11.2. The van der Waals surface area contributed by atoms with E-state index < -0.39 is 5.54 Å². The van der Waals surface area contributed by atoms with Gasteiger partial charge in [-0.2, -0.15) is 0 Å². The summed E-state index contributed by atoms with van der Waals surface area (Å²) in [6, 6.07) is 8.24. The number of nitrogens with zero attached hydrogens (tertiary/aromatic N) is 1. The maximum Gasteiger partial charge on any atom is 0.144 e. The Kier molecular flexibility index (Phi) is 1.89. The van der Waals surface area contributed by atoms with Crippen LogP contribution in [0.25, 0.3) is 0 Å². The highest BCUT2D eigenvalue weighted by Crippen LogP contribution is 2.44. The zero-order valence-electron chi connectivity index (χ0n) is 8.57. The Labute approximate surface area is 88.9 Å². The molecule has 15 heavy (non-hydrogen) atoms. The first-order valence-corrected chi connectivity index (χ1v) is 5.50. The molecular formula is C12H14N2O. The fourth-order valence-electron chi connectivity index (χ4n) is 3.05. The minimum absolute atomic E-state index is 0.393. The molecule has 3 rings (SSSR count). The van der Waals surface area contributed by atoms with Gasteiger partial charge >= 0.3 is 0 Å². The number of rotatable bonds is 1. The van der Waals surface area contributed by atoms with Crippen LogP contribution in [0.2, 0.25) is 0 Å². The lowest BCUT2D eigenvalue weighted by Gasteiger charge is -2.34. The Morgan fingerprint density at radius 2 is 2.27 bits per heavy atom. The number of nitrogens with one attached hydrogen (secondary N) is 1. The molecule has 0 saturated carbocycles. The van der Waals surface area contributed by atoms with Crippen LogP contribution in [0.4, 0.5) is 0 Å². The first kappa shape index (κ1) is 9.04. The van der Waals surface area contributed by atoms with Gasteiger partial charge in [-0.05, 0) is 24.0 Å². The van der Waals surface area contributed by atoms with Crippen LogP contribution in [0, 0.1) is 10.8 Å². The third kappa shape index (κ3) is 1.10. The molecule has 0 amide bonds. The standard InChI is InChI=1S/C12H14N2O/c15-14-12-8-13-7-10(12)6-5-9-3-1-2-4-11(9)12/h1-4,10,13H,5-8H2. The molecule has 1 fully saturated rings. The predicted molar refractivity (Wildman–Crippen MR) is 58.6 cm³/mol. The largest absolute Gasteiger partial charge is 0.313 e. The van der Waals surface area contributed by atoms with E-state index in [0.717, 1.165) is 24.9 Å². The van der Waals surface area contributed by atoms with Crippen molar-refractivity contribution in [3.05, 3.63) is 40.3 Å². The Bertz CT molecular complexity index is 404. The second kappa shape index (κ2) is 3.14. The zero-order chi connectivity index (χ0) is 10.3. The lowest BCUT2D eigenvalue weighted by molar-refractivity contribution is 0.312. The molecule has 2 atom stereocenters. The van der Waals surface area contributed by atoms with E-state index in [1.165, 1.54) is 5.56 Å². The van der Waals surface area contributed by atoms with Crippen LogP contribution in [-0.2, 0) is 12.0 Å². The lowest BCUT2D eigenvalue weighted by atomic mass is 9.72. The quantitative estimate of drug-likeness (QED) is 0.706. The summed E-state index contributed by atoms with van der Waals surface area (Å²) in [5, 5.41) is 6.77. The smallest absolute Gasteiger partial charge is 0.144 e. The second-order valence-corrected chi connectivity index (χ2v) is 4.54. The van der Waals surface area contributed by atoms with Crippen LogP contribution < -0.4 is 5.32 Å². The van der Waals surface area contributed by atoms with Crippen molar-refractivity contribution in [2.45, 2.75) is 18.4 Å². The zero-order valence-corrected chi connectivity index (χ0v) is 8.57. The maximum atomic E-state index is 11.2. The molecule has 0 aromatic heterocycles. The van der Waals surface area contributed by atoms with Gasteiger partial charge in [-0.25, -0.2) is 0 Å². The third-order valence-corrected chi connectivity index (χ3v) is 3.87. The molecule has 2 aliphatic rings. The molecule has 0 spiro atoms. The van der Waals surface area contributed by atoms with E-state index in [0.29, 0.717) is 12.5 Å². The summed E-state index contributed by atoms with van der Waals surface area (Å²) in [6.07, 6.45) is 2.16. The van der Waals surface area contributed by atoms with Gasteiger partial charge in [0, 0.05) is 19.0 Å². The Balaban J connectivity index is 2.19. The van der Waals surface area contributed by atoms with E-state index >= 15 is 0 Å². The minimum atomic E-state index is -0.477. The first-order valence-electron chi connectivity index (χ1n) is 5.50. The SMILES string of the molecule is O=NC12CNCC1CCc1ccccc12. The number of aryl methyl sites for hydroxylation is 1. The molecule has 1 aromatic rings. The average molecular weight is 202 g/mol. The summed E-state index contributed by atoms with van der Waals surface area (Å²) in [5.41, 5.74) is 1.98. The second-order valence-electron chi connectivity index (χ2n) is 4.54. The molecule has 1 aromatic carbocycles. The van der Waals surface area contributed by atoms with Gasteiger partial charge in [-0.1, -0.05) is 29.4 Å². The minimum Gasteiger partial charge on any atom is -0.313 e. The normalized spacial score (nSPS) is 33.2. The van der Waals surface area contributed by atoms with Gasteiger partial charge in [0.15, 0.2) is 0 Å². The van der Waals surface area contributed by atoms with E-state index in [-0.39, 0.29) is 0 Å². The van der Waals surface area contributed by atoms with Gasteiger partial charge in [-0.15, -0.1) is 4.91 Å². The topological polar surface area (TPSA) is 41.5 Å². The van der Waals surface area contributed by atoms with Crippen molar-refractivity contribution in [1.82, 2.24) is 5.32 Å². The van der Waals surface area contributed by atoms with Crippen LogP contribution in [0.3, 0.4) is 0 Å². The average Bonchev–Trinajstić information content (AvgIpc) is 2.73. The molecule has 1 heterocycles. The lowest BCUT2D eigenvalue weighted by Crippen LogP contribution is -2.37. The summed E-state index contributed by atoms with van der Waals surface area (Å²) in [7, 11) is 0. The molecule has 0 radical (unpaired) electrons. The Morgan fingerprint density at radius 1 is 1.40 bits per heavy atom. The van der Waals surface area contributed by atoms with Gasteiger partial charge in [0.05, 0.1) is 0 Å². The highest BCUT2D eigenvalue weighted by molar-refractivity contribution is 5.39. The van der Waals surface area contributed by atoms with Crippen LogP contribution >= 0.6 is 0 Å². The van der Waals surface area contributed by atoms with Crippen molar-refractivity contribution in [1.29, 1.82) is 0 Å². The molecule has 1 aliphatic carbocycles. The first-order chi connectivity index (χ1) is 7.37. The van der Waals surface area contributed by atoms with Crippen LogP contribution in [0.5, 0.6) is 0 Å². The van der Waals surface area contributed by atoms with E-state index in [9.17, 15) is 4.91 Å². The van der Waals surface area contributed by atoms with Crippen molar-refractivity contribution >= 4 is 0 Å². The highest BCUT2D eigenvalue weighted by Gasteiger charge is 2.49. The molecule has 1 N–H and O–H groups in total. The molecule has 3 nitrogen and oxygen atoms in total. The number of fused-ring (bicyclic) bond motifs is 3. The van der Waals surface area contributed by atoms with Crippen molar-refractivity contribution in [2.75, 3.05) is 13.1 Å². The van der Waals surface area contributed by atoms with Crippen molar-refractivity contribution in [3.63, 3.8) is 0 Å². The molecule has 1 aliphatic heterocycles. The molecular weight excluding hydrogens is 188 g/mol. The molecule has 2 unspecified atom stereocenters. The van der Waals surface area contributed by atoms with Crippen LogP contribution in [0.15, 0.2) is 29.4 Å². The van der Waals surface area contributed by atoms with E-state index in [4.69, 9.17) is 0 Å². The van der Waals surface area contributed by atoms with Gasteiger partial charge in [0.2, 0.25) is 0 Å². The summed E-state index contributed by atoms with van der Waals surface area (Å²) in [6.45, 7) is 1.64. The molecule has 78 valence electrons. The number of hydrogen-bond acceptors (Lipinski definition) is 3. The van der Waals surface area contributed by atoms with Gasteiger partial charge < -0.3 is 5.32 Å². The Hall–Kier alpha value is -1.22. The fourth-order valence-corrected chi connectivity index (χ4v) is 3.05. The summed E-state index contributed by atoms with van der Waals surface area (Å²) in [5.74, 6) is 0.393. The number of benzene rings is 1. The predicted octanol–water partition coefficient (Wildman–Crippen LogP) is 1.81. The molecule has 3 heteroatoms. The summed E-state index contributed by atoms with van der Waals surface area (Å²) in [4.78, 5) is 11.2. The van der Waals surface area contributed by atoms with E-state index in [2.05, 4.69) is 22.6 Å². The van der Waals surface area contributed by atoms with Gasteiger partial charge in [0.25, 0.3) is 0 Å². The van der Waals surface area contributed by atoms with Crippen molar-refractivity contribution in [2.24, 2.45) is 11.1 Å². The summed E-state index contributed by atoms with van der Waals surface area (Å²) >= 11 is 0. The molecule has 0 bridgehead atoms. The molecule has 1 saturated heterocycles. The third-order valence-electron chi connectivity index (χ3n) is 3.87. The van der Waals surface area contributed by atoms with Crippen molar-refractivity contribution < 1.29 is 0 Å². The van der Waals surface area contributed by atoms with Crippen LogP contribution in [-0.4, -0.2) is 13.1 Å². The van der Waals surface area contributed by atoms with E-state index in [1.807, 2.05) is 12.1 Å².